The number of amides is 1. The maximum atomic E-state index is 11.3. The minimum atomic E-state index is -0.614. The molecule has 0 radical (unpaired) electrons. The lowest BCUT2D eigenvalue weighted by Gasteiger charge is -2.09. The van der Waals surface area contributed by atoms with Gasteiger partial charge in [0.15, 0.2) is 0 Å². The van der Waals surface area contributed by atoms with Gasteiger partial charge < -0.3 is 16.4 Å². The third-order valence-corrected chi connectivity index (χ3v) is 1.98. The molecular weight excluding hydrogens is 238 g/mol. The first-order valence-corrected chi connectivity index (χ1v) is 5.34. The van der Waals surface area contributed by atoms with E-state index in [1.807, 2.05) is 13.8 Å². The fourth-order valence-electron chi connectivity index (χ4n) is 1.26. The second-order valence-corrected chi connectivity index (χ2v) is 3.93. The van der Waals surface area contributed by atoms with Gasteiger partial charge in [-0.1, -0.05) is 0 Å². The van der Waals surface area contributed by atoms with E-state index in [0.29, 0.717) is 5.82 Å². The Morgan fingerprint density at radius 3 is 2.72 bits per heavy atom. The summed E-state index contributed by atoms with van der Waals surface area (Å²) in [6.45, 7) is 3.72. The Labute approximate surface area is 104 Å². The van der Waals surface area contributed by atoms with Crippen molar-refractivity contribution < 1.29 is 9.72 Å². The van der Waals surface area contributed by atoms with Crippen molar-refractivity contribution in [1.29, 1.82) is 0 Å². The summed E-state index contributed by atoms with van der Waals surface area (Å²) in [7, 11) is 0. The smallest absolute Gasteiger partial charge is 0.311 e. The van der Waals surface area contributed by atoms with Gasteiger partial charge in [-0.05, 0) is 19.9 Å². The molecule has 1 aromatic heterocycles. The van der Waals surface area contributed by atoms with Crippen LogP contribution in [-0.2, 0) is 4.79 Å². The first kappa shape index (κ1) is 13.7. The molecule has 98 valence electrons. The molecule has 0 fully saturated rings. The lowest BCUT2D eigenvalue weighted by atomic mass is 10.3. The van der Waals surface area contributed by atoms with Crippen molar-refractivity contribution in [3.8, 4) is 0 Å². The molecule has 18 heavy (non-hydrogen) atoms. The molecule has 0 aliphatic heterocycles. The monoisotopic (exact) mass is 253 g/mol. The maximum Gasteiger partial charge on any atom is 0.311 e. The van der Waals surface area contributed by atoms with Crippen LogP contribution < -0.4 is 16.4 Å². The number of hydrogen-bond acceptors (Lipinski definition) is 6. The van der Waals surface area contributed by atoms with E-state index in [1.165, 1.54) is 12.1 Å². The van der Waals surface area contributed by atoms with Crippen molar-refractivity contribution in [3.63, 3.8) is 0 Å². The Kier molecular flexibility index (Phi) is 4.41. The number of carbonyl (C=O) groups is 1. The van der Waals surface area contributed by atoms with Gasteiger partial charge in [-0.25, -0.2) is 4.98 Å². The Morgan fingerprint density at radius 2 is 2.22 bits per heavy atom. The number of nitrogen functional groups attached to an aromatic ring is 1. The van der Waals surface area contributed by atoms with Gasteiger partial charge in [-0.15, -0.1) is 0 Å². The summed E-state index contributed by atoms with van der Waals surface area (Å²) in [5.41, 5.74) is 5.16. The summed E-state index contributed by atoms with van der Waals surface area (Å²) in [5, 5.41) is 15.9. The van der Waals surface area contributed by atoms with Crippen LogP contribution in [0, 0.1) is 10.1 Å². The third-order valence-electron chi connectivity index (χ3n) is 1.98. The highest BCUT2D eigenvalue weighted by Gasteiger charge is 2.13. The van der Waals surface area contributed by atoms with Gasteiger partial charge in [0, 0.05) is 12.1 Å². The third kappa shape index (κ3) is 3.89. The molecule has 0 aliphatic carbocycles. The SMILES string of the molecule is CC(C)NC(=O)CNc1ccc([N+](=O)[O-])c(N)n1. The minimum Gasteiger partial charge on any atom is -0.378 e. The van der Waals surface area contributed by atoms with E-state index in [0.717, 1.165) is 0 Å². The van der Waals surface area contributed by atoms with Crippen molar-refractivity contribution in [3.05, 3.63) is 22.2 Å². The van der Waals surface area contributed by atoms with Crippen LogP contribution in [0.5, 0.6) is 0 Å². The minimum absolute atomic E-state index is 0.0302. The van der Waals surface area contributed by atoms with Crippen LogP contribution in [0.1, 0.15) is 13.8 Å². The number of nitro groups is 1. The molecule has 8 nitrogen and oxygen atoms in total. The average Bonchev–Trinajstić information content (AvgIpc) is 2.25. The largest absolute Gasteiger partial charge is 0.378 e. The predicted octanol–water partition coefficient (Wildman–Crippen LogP) is 0.508. The number of aromatic nitrogens is 1. The second kappa shape index (κ2) is 5.80. The lowest BCUT2D eigenvalue weighted by molar-refractivity contribution is -0.384. The van der Waals surface area contributed by atoms with E-state index in [2.05, 4.69) is 15.6 Å². The van der Waals surface area contributed by atoms with Gasteiger partial charge in [0.05, 0.1) is 11.5 Å². The molecular formula is C10H15N5O3. The summed E-state index contributed by atoms with van der Waals surface area (Å²) in [4.78, 5) is 25.0. The Hall–Kier alpha value is -2.38. The number of rotatable bonds is 5. The quantitative estimate of drug-likeness (QED) is 0.519. The van der Waals surface area contributed by atoms with Gasteiger partial charge in [0.1, 0.15) is 5.82 Å². The molecule has 0 spiro atoms. The topological polar surface area (TPSA) is 123 Å². The molecule has 4 N–H and O–H groups in total. The van der Waals surface area contributed by atoms with Gasteiger partial charge in [0.2, 0.25) is 11.7 Å². The fraction of sp³-hybridized carbons (Fsp3) is 0.400. The van der Waals surface area contributed by atoms with E-state index >= 15 is 0 Å². The van der Waals surface area contributed by atoms with Crippen molar-refractivity contribution in [2.75, 3.05) is 17.6 Å². The fourth-order valence-corrected chi connectivity index (χ4v) is 1.26. The second-order valence-electron chi connectivity index (χ2n) is 3.93. The molecule has 0 saturated heterocycles. The van der Waals surface area contributed by atoms with Crippen LogP contribution in [0.4, 0.5) is 17.3 Å². The van der Waals surface area contributed by atoms with Crippen molar-refractivity contribution >= 4 is 23.2 Å². The highest BCUT2D eigenvalue weighted by atomic mass is 16.6. The molecule has 8 heteroatoms. The number of nitrogens with one attached hydrogen (secondary N) is 2. The molecule has 1 amide bonds. The van der Waals surface area contributed by atoms with E-state index in [-0.39, 0.29) is 30.0 Å². The van der Waals surface area contributed by atoms with E-state index in [1.54, 1.807) is 0 Å². The summed E-state index contributed by atoms with van der Waals surface area (Å²) < 4.78 is 0. The van der Waals surface area contributed by atoms with Crippen LogP contribution in [0.25, 0.3) is 0 Å². The Balaban J connectivity index is 2.61. The van der Waals surface area contributed by atoms with Crippen LogP contribution in [0.2, 0.25) is 0 Å². The first-order chi connectivity index (χ1) is 8.40. The first-order valence-electron chi connectivity index (χ1n) is 5.34. The van der Waals surface area contributed by atoms with Gasteiger partial charge in [-0.2, -0.15) is 0 Å². The van der Waals surface area contributed by atoms with Crippen LogP contribution >= 0.6 is 0 Å². The summed E-state index contributed by atoms with van der Waals surface area (Å²) >= 11 is 0. The van der Waals surface area contributed by atoms with E-state index in [9.17, 15) is 14.9 Å². The zero-order valence-electron chi connectivity index (χ0n) is 10.1. The number of hydrogen-bond donors (Lipinski definition) is 3. The van der Waals surface area contributed by atoms with Crippen molar-refractivity contribution in [1.82, 2.24) is 10.3 Å². The molecule has 0 unspecified atom stereocenters. The average molecular weight is 253 g/mol. The zero-order valence-corrected chi connectivity index (χ0v) is 10.1. The van der Waals surface area contributed by atoms with E-state index < -0.39 is 4.92 Å². The highest BCUT2D eigenvalue weighted by Crippen LogP contribution is 2.20. The van der Waals surface area contributed by atoms with Gasteiger partial charge >= 0.3 is 5.69 Å². The molecule has 1 rings (SSSR count). The molecule has 1 heterocycles. The van der Waals surface area contributed by atoms with E-state index in [4.69, 9.17) is 5.73 Å². The summed E-state index contributed by atoms with van der Waals surface area (Å²) in [5.74, 6) is -0.0602. The molecule has 0 saturated carbocycles. The van der Waals surface area contributed by atoms with Gasteiger partial charge in [-0.3, -0.25) is 14.9 Å². The number of pyridine rings is 1. The standard InChI is InChI=1S/C10H15N5O3/c1-6(2)13-9(16)5-12-8-4-3-7(15(17)18)10(11)14-8/h3-4,6H,5H2,1-2H3,(H,13,16)(H3,11,12,14). The molecule has 0 aromatic carbocycles. The van der Waals surface area contributed by atoms with Crippen molar-refractivity contribution in [2.45, 2.75) is 19.9 Å². The zero-order chi connectivity index (χ0) is 13.7. The number of nitrogens with zero attached hydrogens (tertiary/aromatic N) is 2. The van der Waals surface area contributed by atoms with Crippen molar-refractivity contribution in [2.24, 2.45) is 0 Å². The number of nitrogens with two attached hydrogens (primary N) is 1. The number of anilines is 2. The molecule has 1 aromatic rings. The van der Waals surface area contributed by atoms with Crippen LogP contribution in [0.3, 0.4) is 0 Å². The molecule has 0 atom stereocenters. The Morgan fingerprint density at radius 1 is 1.56 bits per heavy atom. The predicted molar refractivity (Wildman–Crippen MR) is 67.1 cm³/mol. The van der Waals surface area contributed by atoms with Gasteiger partial charge in [0.25, 0.3) is 0 Å². The van der Waals surface area contributed by atoms with Crippen LogP contribution in [0.15, 0.2) is 12.1 Å². The van der Waals surface area contributed by atoms with Crippen LogP contribution in [-0.4, -0.2) is 28.4 Å². The maximum absolute atomic E-state index is 11.3. The summed E-state index contributed by atoms with van der Waals surface area (Å²) in [6, 6.07) is 2.69. The molecule has 0 aliphatic rings. The summed E-state index contributed by atoms with van der Waals surface area (Å²) in [6.07, 6.45) is 0. The number of carbonyl (C=O) groups excluding carboxylic acids is 1. The lowest BCUT2D eigenvalue weighted by Crippen LogP contribution is -2.34. The Bertz CT molecular complexity index is 461. The normalized spacial score (nSPS) is 10.2. The highest BCUT2D eigenvalue weighted by molar-refractivity contribution is 5.80. The molecule has 0 bridgehead atoms.